The molecule has 0 bridgehead atoms. The maximum atomic E-state index is 11.4. The molecule has 1 rings (SSSR count). The molecule has 5 N–H and O–H groups in total. The number of rotatable bonds is 7. The van der Waals surface area contributed by atoms with Gasteiger partial charge in [0.1, 0.15) is 13.4 Å². The zero-order chi connectivity index (χ0) is 13.6. The van der Waals surface area contributed by atoms with E-state index < -0.39 is 17.6 Å². The van der Waals surface area contributed by atoms with Crippen LogP contribution in [0.25, 0.3) is 0 Å². The summed E-state index contributed by atoms with van der Waals surface area (Å²) in [7, 11) is 2.06. The van der Waals surface area contributed by atoms with Crippen LogP contribution in [0.1, 0.15) is 32.1 Å². The molecular weight excluding hydrogens is 231 g/mol. The number of piperidine rings is 1. The van der Waals surface area contributed by atoms with E-state index >= 15 is 0 Å². The zero-order valence-electron chi connectivity index (χ0n) is 11.2. The highest BCUT2D eigenvalue weighted by atomic mass is 16.4. The van der Waals surface area contributed by atoms with Gasteiger partial charge in [0.15, 0.2) is 0 Å². The number of carbonyl (C=O) groups is 1. The number of hydrogen-bond donors (Lipinski definition) is 4. The molecule has 0 spiro atoms. The van der Waals surface area contributed by atoms with Crippen molar-refractivity contribution in [3.8, 4) is 0 Å². The van der Waals surface area contributed by atoms with Gasteiger partial charge in [0.05, 0.1) is 6.10 Å². The second-order valence-corrected chi connectivity index (χ2v) is 5.35. The lowest BCUT2D eigenvalue weighted by atomic mass is 9.78. The summed E-state index contributed by atoms with van der Waals surface area (Å²) < 4.78 is 0. The van der Waals surface area contributed by atoms with Crippen molar-refractivity contribution >= 4 is 13.8 Å². The summed E-state index contributed by atoms with van der Waals surface area (Å²) in [5.41, 5.74) is 4.48. The van der Waals surface area contributed by atoms with Crippen LogP contribution in [-0.4, -0.2) is 48.8 Å². The van der Waals surface area contributed by atoms with Crippen molar-refractivity contribution in [2.75, 3.05) is 13.1 Å². The lowest BCUT2D eigenvalue weighted by Crippen LogP contribution is -2.61. The zero-order valence-corrected chi connectivity index (χ0v) is 11.2. The number of aliphatic hydroxyl groups is 1. The van der Waals surface area contributed by atoms with E-state index in [4.69, 9.17) is 5.73 Å². The van der Waals surface area contributed by atoms with Gasteiger partial charge in [-0.3, -0.25) is 4.79 Å². The number of carboxylic acid groups (broad SMARTS) is 1. The topological polar surface area (TPSA) is 95.6 Å². The number of aliphatic carboxylic acids is 1. The van der Waals surface area contributed by atoms with E-state index in [9.17, 15) is 15.0 Å². The van der Waals surface area contributed by atoms with Gasteiger partial charge in [-0.1, -0.05) is 19.2 Å². The van der Waals surface area contributed by atoms with E-state index in [1.54, 1.807) is 0 Å². The molecule has 0 aromatic rings. The summed E-state index contributed by atoms with van der Waals surface area (Å²) in [6.07, 6.45) is 3.88. The summed E-state index contributed by atoms with van der Waals surface area (Å²) in [5.74, 6) is -1.14. The smallest absolute Gasteiger partial charge is 0.326 e. The molecule has 0 aliphatic carbocycles. The fourth-order valence-corrected chi connectivity index (χ4v) is 2.62. The monoisotopic (exact) mass is 256 g/mol. The Labute approximate surface area is 110 Å². The third-order valence-corrected chi connectivity index (χ3v) is 3.90. The van der Waals surface area contributed by atoms with Crippen LogP contribution in [0.15, 0.2) is 0 Å². The second-order valence-electron chi connectivity index (χ2n) is 5.35. The molecule has 5 nitrogen and oxygen atoms in total. The molecule has 6 heteroatoms. The minimum atomic E-state index is -1.50. The van der Waals surface area contributed by atoms with Crippen LogP contribution in [0, 0.1) is 5.92 Å². The molecule has 1 aliphatic rings. The van der Waals surface area contributed by atoms with E-state index in [1.807, 2.05) is 0 Å². The van der Waals surface area contributed by atoms with Gasteiger partial charge in [0.25, 0.3) is 0 Å². The van der Waals surface area contributed by atoms with Crippen molar-refractivity contribution < 1.29 is 15.0 Å². The van der Waals surface area contributed by atoms with E-state index in [1.165, 1.54) is 0 Å². The van der Waals surface area contributed by atoms with Crippen molar-refractivity contribution in [1.82, 2.24) is 5.32 Å². The third kappa shape index (κ3) is 3.70. The average molecular weight is 256 g/mol. The quantitative estimate of drug-likeness (QED) is 0.358. The molecule has 3 unspecified atom stereocenters. The first-order chi connectivity index (χ1) is 8.52. The molecule has 1 fully saturated rings. The molecule has 3 atom stereocenters. The van der Waals surface area contributed by atoms with Gasteiger partial charge < -0.3 is 21.3 Å². The standard InChI is InChI=1S/C12H25BN2O3/c13-6-2-1-5-12(14,11(17)18)10(16)9-4-3-7-15-8-9/h9-10,15-16H,1-8,13-14H2,(H,17,18). The van der Waals surface area contributed by atoms with Crippen LogP contribution in [0.2, 0.25) is 6.32 Å². The molecule has 0 radical (unpaired) electrons. The average Bonchev–Trinajstić information content (AvgIpc) is 2.38. The Balaban J connectivity index is 2.65. The van der Waals surface area contributed by atoms with E-state index in [0.717, 1.165) is 38.5 Å². The van der Waals surface area contributed by atoms with Crippen LogP contribution in [0.3, 0.4) is 0 Å². The van der Waals surface area contributed by atoms with Crippen molar-refractivity contribution in [2.45, 2.75) is 50.1 Å². The van der Waals surface area contributed by atoms with Crippen molar-refractivity contribution in [2.24, 2.45) is 11.7 Å². The second kappa shape index (κ2) is 7.11. The Morgan fingerprint density at radius 3 is 2.78 bits per heavy atom. The molecule has 0 aromatic heterocycles. The normalized spacial score (nSPS) is 25.3. The van der Waals surface area contributed by atoms with Crippen molar-refractivity contribution in [3.63, 3.8) is 0 Å². The predicted octanol–water partition coefficient (Wildman–Crippen LogP) is -0.649. The summed E-state index contributed by atoms with van der Waals surface area (Å²) in [5, 5.41) is 22.8. The maximum absolute atomic E-state index is 11.4. The number of unbranched alkanes of at least 4 members (excludes halogenated alkanes) is 1. The minimum Gasteiger partial charge on any atom is -0.480 e. The Kier molecular flexibility index (Phi) is 6.12. The Hall–Kier alpha value is -0.585. The fourth-order valence-electron chi connectivity index (χ4n) is 2.62. The minimum absolute atomic E-state index is 0.0542. The molecule has 18 heavy (non-hydrogen) atoms. The lowest BCUT2D eigenvalue weighted by Gasteiger charge is -2.37. The lowest BCUT2D eigenvalue weighted by molar-refractivity contribution is -0.150. The Bertz CT molecular complexity index is 272. The molecule has 1 aliphatic heterocycles. The Morgan fingerprint density at radius 1 is 1.56 bits per heavy atom. The van der Waals surface area contributed by atoms with Crippen LogP contribution in [0.4, 0.5) is 0 Å². The highest BCUT2D eigenvalue weighted by Crippen LogP contribution is 2.26. The number of carboxylic acids is 1. The molecule has 104 valence electrons. The maximum Gasteiger partial charge on any atom is 0.326 e. The fraction of sp³-hybridized carbons (Fsp3) is 0.917. The first-order valence-corrected chi connectivity index (χ1v) is 6.93. The number of nitrogens with one attached hydrogen (secondary N) is 1. The largest absolute Gasteiger partial charge is 0.480 e. The van der Waals surface area contributed by atoms with Crippen LogP contribution in [0.5, 0.6) is 0 Å². The SMILES string of the molecule is BCCCCC(N)(C(=O)O)C(O)C1CCCNC1. The predicted molar refractivity (Wildman–Crippen MR) is 73.4 cm³/mol. The van der Waals surface area contributed by atoms with E-state index in [-0.39, 0.29) is 5.92 Å². The van der Waals surface area contributed by atoms with Gasteiger partial charge in [-0.05, 0) is 31.7 Å². The van der Waals surface area contributed by atoms with Gasteiger partial charge in [-0.25, -0.2) is 0 Å². The molecular formula is C12H25BN2O3. The van der Waals surface area contributed by atoms with Crippen LogP contribution in [-0.2, 0) is 4.79 Å². The molecule has 0 saturated carbocycles. The molecule has 0 amide bonds. The molecule has 0 aromatic carbocycles. The number of hydrogen-bond acceptors (Lipinski definition) is 4. The van der Waals surface area contributed by atoms with Gasteiger partial charge >= 0.3 is 5.97 Å². The van der Waals surface area contributed by atoms with E-state index in [2.05, 4.69) is 13.2 Å². The van der Waals surface area contributed by atoms with Crippen molar-refractivity contribution in [1.29, 1.82) is 0 Å². The van der Waals surface area contributed by atoms with Gasteiger partial charge in [-0.2, -0.15) is 0 Å². The summed E-state index contributed by atoms with van der Waals surface area (Å²) in [6, 6.07) is 0. The van der Waals surface area contributed by atoms with Crippen molar-refractivity contribution in [3.05, 3.63) is 0 Å². The molecule has 1 heterocycles. The van der Waals surface area contributed by atoms with Gasteiger partial charge in [-0.15, -0.1) is 0 Å². The summed E-state index contributed by atoms with van der Waals surface area (Å²) in [4.78, 5) is 11.4. The number of aliphatic hydroxyl groups excluding tert-OH is 1. The van der Waals surface area contributed by atoms with Crippen LogP contribution < -0.4 is 11.1 Å². The summed E-state index contributed by atoms with van der Waals surface area (Å²) in [6.45, 7) is 1.59. The summed E-state index contributed by atoms with van der Waals surface area (Å²) >= 11 is 0. The third-order valence-electron chi connectivity index (χ3n) is 3.90. The molecule has 1 saturated heterocycles. The van der Waals surface area contributed by atoms with Crippen LogP contribution >= 0.6 is 0 Å². The highest BCUT2D eigenvalue weighted by Gasteiger charge is 2.44. The first-order valence-electron chi connectivity index (χ1n) is 6.93. The Morgan fingerprint density at radius 2 is 2.28 bits per heavy atom. The first kappa shape index (κ1) is 15.5. The number of nitrogens with two attached hydrogens (primary N) is 1. The van der Waals surface area contributed by atoms with Gasteiger partial charge in [0, 0.05) is 6.54 Å². The van der Waals surface area contributed by atoms with E-state index in [0.29, 0.717) is 13.0 Å². The van der Waals surface area contributed by atoms with Gasteiger partial charge in [0.2, 0.25) is 0 Å². The highest BCUT2D eigenvalue weighted by molar-refractivity contribution is 6.08.